The topological polar surface area (TPSA) is 113 Å². The number of rotatable bonds is 5. The first kappa shape index (κ1) is 14.6. The van der Waals surface area contributed by atoms with E-state index in [-0.39, 0.29) is 43.4 Å². The Morgan fingerprint density at radius 2 is 1.80 bits per heavy atom. The lowest BCUT2D eigenvalue weighted by Crippen LogP contribution is -2.51. The molecule has 2 rings (SSSR count). The van der Waals surface area contributed by atoms with Gasteiger partial charge in [-0.1, -0.05) is 0 Å². The monoisotopic (exact) mass is 283 g/mol. The molecule has 0 aromatic rings. The van der Waals surface area contributed by atoms with E-state index in [1.54, 1.807) is 0 Å². The van der Waals surface area contributed by atoms with E-state index < -0.39 is 11.9 Å². The minimum absolute atomic E-state index is 0.131. The van der Waals surface area contributed by atoms with Crippen LogP contribution in [0.4, 0.5) is 4.79 Å². The van der Waals surface area contributed by atoms with Crippen LogP contribution in [0.1, 0.15) is 38.5 Å². The van der Waals surface area contributed by atoms with E-state index in [1.165, 1.54) is 0 Å². The van der Waals surface area contributed by atoms with Crippen LogP contribution in [0.15, 0.2) is 0 Å². The Morgan fingerprint density at radius 1 is 1.20 bits per heavy atom. The molecule has 0 spiro atoms. The number of carbonyl (C=O) groups excluding carboxylic acids is 2. The van der Waals surface area contributed by atoms with Gasteiger partial charge in [0.1, 0.15) is 0 Å². The van der Waals surface area contributed by atoms with Crippen LogP contribution in [0.3, 0.4) is 0 Å². The highest BCUT2D eigenvalue weighted by atomic mass is 16.4. The van der Waals surface area contributed by atoms with Crippen molar-refractivity contribution in [2.45, 2.75) is 50.6 Å². The Hall–Kier alpha value is -1.79. The molecule has 2 atom stereocenters. The van der Waals surface area contributed by atoms with E-state index in [0.717, 1.165) is 25.7 Å². The minimum atomic E-state index is -0.770. The van der Waals surface area contributed by atoms with Crippen molar-refractivity contribution >= 4 is 17.9 Å². The van der Waals surface area contributed by atoms with Crippen molar-refractivity contribution in [2.75, 3.05) is 6.54 Å². The average Bonchev–Trinajstić information content (AvgIpc) is 2.60. The minimum Gasteiger partial charge on any atom is -0.481 e. The summed E-state index contributed by atoms with van der Waals surface area (Å²) in [6.07, 6.45) is 3.70. The smallest absolute Gasteiger partial charge is 0.317 e. The first-order valence-electron chi connectivity index (χ1n) is 7.03. The van der Waals surface area contributed by atoms with E-state index >= 15 is 0 Å². The second-order valence-corrected chi connectivity index (χ2v) is 5.68. The van der Waals surface area contributed by atoms with Gasteiger partial charge in [0.05, 0.1) is 0 Å². The molecule has 2 aliphatic heterocycles. The molecule has 0 saturated carbocycles. The second kappa shape index (κ2) is 6.11. The van der Waals surface area contributed by atoms with Gasteiger partial charge in [-0.2, -0.15) is 0 Å². The number of carboxylic acid groups (broad SMARTS) is 1. The molecular formula is C13H21N3O4. The summed E-state index contributed by atoms with van der Waals surface area (Å²) in [4.78, 5) is 35.4. The van der Waals surface area contributed by atoms with Crippen molar-refractivity contribution in [1.82, 2.24) is 10.2 Å². The van der Waals surface area contributed by atoms with Gasteiger partial charge < -0.3 is 21.1 Å². The highest BCUT2D eigenvalue weighted by molar-refractivity contribution is 5.77. The number of urea groups is 1. The summed E-state index contributed by atoms with van der Waals surface area (Å²) in [7, 11) is 0. The molecule has 0 radical (unpaired) electrons. The summed E-state index contributed by atoms with van der Waals surface area (Å²) in [5, 5.41) is 11.6. The number of fused-ring (bicyclic) bond motifs is 2. The summed E-state index contributed by atoms with van der Waals surface area (Å²) in [6, 6.07) is 0.103. The normalized spacial score (nSPS) is 28.2. The number of nitrogens with zero attached hydrogens (tertiary/aromatic N) is 1. The summed E-state index contributed by atoms with van der Waals surface area (Å²) in [5.41, 5.74) is 5.03. The Balaban J connectivity index is 1.87. The number of carbonyl (C=O) groups is 3. The van der Waals surface area contributed by atoms with Crippen molar-refractivity contribution in [1.29, 1.82) is 0 Å². The van der Waals surface area contributed by atoms with Gasteiger partial charge in [0.25, 0.3) is 0 Å². The molecule has 20 heavy (non-hydrogen) atoms. The lowest BCUT2D eigenvalue weighted by Gasteiger charge is -2.38. The summed E-state index contributed by atoms with van der Waals surface area (Å²) < 4.78 is 0. The van der Waals surface area contributed by atoms with E-state index in [0.29, 0.717) is 0 Å². The number of piperidine rings is 1. The predicted molar refractivity (Wildman–Crippen MR) is 70.8 cm³/mol. The molecule has 3 amide bonds. The number of carboxylic acids is 1. The molecule has 112 valence electrons. The maximum atomic E-state index is 12.1. The largest absolute Gasteiger partial charge is 0.481 e. The first-order chi connectivity index (χ1) is 9.47. The van der Waals surface area contributed by atoms with Gasteiger partial charge in [-0.25, -0.2) is 4.79 Å². The molecule has 2 bridgehead atoms. The van der Waals surface area contributed by atoms with E-state index in [9.17, 15) is 14.4 Å². The van der Waals surface area contributed by atoms with Gasteiger partial charge in [-0.3, -0.25) is 9.59 Å². The maximum Gasteiger partial charge on any atom is 0.317 e. The Kier molecular flexibility index (Phi) is 4.46. The lowest BCUT2D eigenvalue weighted by molar-refractivity contribution is -0.138. The highest BCUT2D eigenvalue weighted by Gasteiger charge is 2.43. The van der Waals surface area contributed by atoms with Crippen LogP contribution >= 0.6 is 0 Å². The zero-order valence-corrected chi connectivity index (χ0v) is 11.4. The van der Waals surface area contributed by atoms with Gasteiger partial charge in [-0.05, 0) is 31.6 Å². The number of primary amides is 1. The van der Waals surface area contributed by atoms with Crippen molar-refractivity contribution in [3.63, 3.8) is 0 Å². The van der Waals surface area contributed by atoms with E-state index in [4.69, 9.17) is 10.8 Å². The summed E-state index contributed by atoms with van der Waals surface area (Å²) >= 11 is 0. The standard InChI is InChI=1S/C13H21N3O4/c14-11(17)3-4-15-13(20)16-9-1-2-10(16)6-8(5-9)7-12(18)19/h8-10H,1-7H2,(H2,14,17)(H,15,20)(H,18,19). The molecule has 2 heterocycles. The maximum absolute atomic E-state index is 12.1. The molecule has 4 N–H and O–H groups in total. The molecule has 2 saturated heterocycles. The molecule has 2 aliphatic rings. The summed E-state index contributed by atoms with van der Waals surface area (Å²) in [5.74, 6) is -1.04. The molecular weight excluding hydrogens is 262 g/mol. The number of hydrogen-bond donors (Lipinski definition) is 3. The zero-order valence-electron chi connectivity index (χ0n) is 11.4. The van der Waals surface area contributed by atoms with Crippen LogP contribution in [0.5, 0.6) is 0 Å². The molecule has 0 aromatic heterocycles. The van der Waals surface area contributed by atoms with Gasteiger partial charge in [0.15, 0.2) is 0 Å². The Bertz CT molecular complexity index is 398. The Morgan fingerprint density at radius 3 is 2.30 bits per heavy atom. The van der Waals surface area contributed by atoms with Gasteiger partial charge in [0.2, 0.25) is 5.91 Å². The van der Waals surface area contributed by atoms with E-state index in [2.05, 4.69) is 5.32 Å². The number of nitrogens with two attached hydrogens (primary N) is 1. The number of amides is 3. The predicted octanol–water partition coefficient (Wildman–Crippen LogP) is 0.289. The lowest BCUT2D eigenvalue weighted by atomic mass is 9.88. The van der Waals surface area contributed by atoms with Crippen molar-refractivity contribution in [3.8, 4) is 0 Å². The van der Waals surface area contributed by atoms with Crippen molar-refractivity contribution < 1.29 is 19.5 Å². The zero-order chi connectivity index (χ0) is 14.7. The number of hydrogen-bond acceptors (Lipinski definition) is 3. The van der Waals surface area contributed by atoms with Crippen LogP contribution in [-0.4, -0.2) is 46.5 Å². The molecule has 2 unspecified atom stereocenters. The SMILES string of the molecule is NC(=O)CCNC(=O)N1C2CCC1CC(CC(=O)O)C2. The second-order valence-electron chi connectivity index (χ2n) is 5.68. The van der Waals surface area contributed by atoms with Crippen LogP contribution in [0.25, 0.3) is 0 Å². The highest BCUT2D eigenvalue weighted by Crippen LogP contribution is 2.39. The van der Waals surface area contributed by atoms with E-state index in [1.807, 2.05) is 4.90 Å². The van der Waals surface area contributed by atoms with Crippen LogP contribution in [0.2, 0.25) is 0 Å². The van der Waals surface area contributed by atoms with Crippen LogP contribution in [-0.2, 0) is 9.59 Å². The number of nitrogens with one attached hydrogen (secondary N) is 1. The van der Waals surface area contributed by atoms with Gasteiger partial charge in [-0.15, -0.1) is 0 Å². The fraction of sp³-hybridized carbons (Fsp3) is 0.769. The van der Waals surface area contributed by atoms with Crippen molar-refractivity contribution in [2.24, 2.45) is 11.7 Å². The summed E-state index contributed by atoms with van der Waals surface area (Å²) in [6.45, 7) is 0.253. The van der Waals surface area contributed by atoms with Gasteiger partial charge >= 0.3 is 12.0 Å². The molecule has 0 aromatic carbocycles. The fourth-order valence-electron chi connectivity index (χ4n) is 3.42. The fourth-order valence-corrected chi connectivity index (χ4v) is 3.42. The third kappa shape index (κ3) is 3.40. The van der Waals surface area contributed by atoms with Crippen LogP contribution in [0, 0.1) is 5.92 Å². The average molecular weight is 283 g/mol. The molecule has 7 heteroatoms. The molecule has 0 aliphatic carbocycles. The van der Waals surface area contributed by atoms with Gasteiger partial charge in [0, 0.05) is 31.5 Å². The third-order valence-corrected chi connectivity index (χ3v) is 4.18. The molecule has 7 nitrogen and oxygen atoms in total. The third-order valence-electron chi connectivity index (χ3n) is 4.18. The number of aliphatic carboxylic acids is 1. The quantitative estimate of drug-likeness (QED) is 0.673. The molecule has 2 fully saturated rings. The Labute approximate surface area is 117 Å². The van der Waals surface area contributed by atoms with Crippen LogP contribution < -0.4 is 11.1 Å². The van der Waals surface area contributed by atoms with Crippen molar-refractivity contribution in [3.05, 3.63) is 0 Å². The first-order valence-corrected chi connectivity index (χ1v) is 7.03.